The van der Waals surface area contributed by atoms with Crippen molar-refractivity contribution in [1.29, 1.82) is 0 Å². The molecule has 3 rings (SSSR count). The van der Waals surface area contributed by atoms with Crippen molar-refractivity contribution in [2.24, 2.45) is 5.92 Å². The lowest BCUT2D eigenvalue weighted by molar-refractivity contribution is -0.120. The second-order valence-corrected chi connectivity index (χ2v) is 5.24. The summed E-state index contributed by atoms with van der Waals surface area (Å²) in [6.07, 6.45) is 1.50. The Bertz CT molecular complexity index is 562. The third kappa shape index (κ3) is 3.08. The number of Topliss-reactive ketones (excluding diaryl/α,β-unsaturated/α-hetero) is 1. The summed E-state index contributed by atoms with van der Waals surface area (Å²) in [4.78, 5) is 12.1. The maximum absolute atomic E-state index is 12.1. The fourth-order valence-electron chi connectivity index (χ4n) is 2.59. The van der Waals surface area contributed by atoms with E-state index in [1.807, 2.05) is 48.5 Å². The van der Waals surface area contributed by atoms with Crippen molar-refractivity contribution in [3.8, 4) is 5.75 Å². The molecule has 0 aliphatic heterocycles. The molecule has 0 N–H and O–H groups in total. The molecular weight excluding hydrogens is 248 g/mol. The molecule has 1 fully saturated rings. The molecule has 2 atom stereocenters. The zero-order chi connectivity index (χ0) is 13.8. The molecule has 0 aromatic heterocycles. The quantitative estimate of drug-likeness (QED) is 0.794. The lowest BCUT2D eigenvalue weighted by Gasteiger charge is -2.05. The van der Waals surface area contributed by atoms with Gasteiger partial charge in [0.25, 0.3) is 0 Å². The monoisotopic (exact) mass is 266 g/mol. The van der Waals surface area contributed by atoms with Crippen molar-refractivity contribution in [3.05, 3.63) is 66.2 Å². The zero-order valence-corrected chi connectivity index (χ0v) is 11.4. The van der Waals surface area contributed by atoms with Gasteiger partial charge in [-0.1, -0.05) is 48.5 Å². The van der Waals surface area contributed by atoms with E-state index in [9.17, 15) is 4.79 Å². The molecule has 1 saturated carbocycles. The number of carbonyl (C=O) groups is 1. The minimum absolute atomic E-state index is 0.205. The topological polar surface area (TPSA) is 26.3 Å². The molecule has 1 aliphatic carbocycles. The van der Waals surface area contributed by atoms with Crippen LogP contribution in [0.25, 0.3) is 0 Å². The summed E-state index contributed by atoms with van der Waals surface area (Å²) < 4.78 is 5.57. The van der Waals surface area contributed by atoms with Gasteiger partial charge in [-0.05, 0) is 30.0 Å². The van der Waals surface area contributed by atoms with E-state index in [4.69, 9.17) is 4.74 Å². The number of hydrogen-bond acceptors (Lipinski definition) is 2. The van der Waals surface area contributed by atoms with Crippen LogP contribution in [-0.2, 0) is 4.79 Å². The zero-order valence-electron chi connectivity index (χ0n) is 11.4. The average molecular weight is 266 g/mol. The predicted octanol–water partition coefficient (Wildman–Crippen LogP) is 3.83. The van der Waals surface area contributed by atoms with E-state index in [0.29, 0.717) is 24.7 Å². The summed E-state index contributed by atoms with van der Waals surface area (Å²) in [6.45, 7) is 0.473. The van der Waals surface area contributed by atoms with Crippen LogP contribution in [0.2, 0.25) is 0 Å². The van der Waals surface area contributed by atoms with Gasteiger partial charge in [-0.25, -0.2) is 0 Å². The fourth-order valence-corrected chi connectivity index (χ4v) is 2.59. The number of para-hydroxylation sites is 1. The Balaban J connectivity index is 1.45. The Labute approximate surface area is 119 Å². The van der Waals surface area contributed by atoms with Crippen LogP contribution in [0.4, 0.5) is 0 Å². The van der Waals surface area contributed by atoms with E-state index in [1.54, 1.807) is 0 Å². The number of carbonyl (C=O) groups excluding carboxylic acids is 1. The summed E-state index contributed by atoms with van der Waals surface area (Å²) in [7, 11) is 0. The maximum atomic E-state index is 12.1. The Kier molecular flexibility index (Phi) is 3.82. The van der Waals surface area contributed by atoms with E-state index in [2.05, 4.69) is 12.1 Å². The van der Waals surface area contributed by atoms with E-state index in [1.165, 1.54) is 5.56 Å². The van der Waals surface area contributed by atoms with Gasteiger partial charge in [0.2, 0.25) is 0 Å². The Morgan fingerprint density at radius 1 is 1.00 bits per heavy atom. The van der Waals surface area contributed by atoms with Crippen molar-refractivity contribution in [2.75, 3.05) is 6.61 Å². The highest BCUT2D eigenvalue weighted by Gasteiger charge is 2.42. The van der Waals surface area contributed by atoms with Gasteiger partial charge in [-0.15, -0.1) is 0 Å². The van der Waals surface area contributed by atoms with Gasteiger partial charge in [0.15, 0.2) is 0 Å². The summed E-state index contributed by atoms with van der Waals surface area (Å²) in [5.74, 6) is 1.79. The molecule has 0 saturated heterocycles. The molecule has 0 radical (unpaired) electrons. The number of ketones is 1. The van der Waals surface area contributed by atoms with Gasteiger partial charge in [0.05, 0.1) is 6.61 Å². The molecule has 0 bridgehead atoms. The first-order chi connectivity index (χ1) is 9.84. The highest BCUT2D eigenvalue weighted by Crippen LogP contribution is 2.48. The van der Waals surface area contributed by atoms with Crippen molar-refractivity contribution >= 4 is 5.78 Å². The van der Waals surface area contributed by atoms with Gasteiger partial charge in [0, 0.05) is 12.3 Å². The van der Waals surface area contributed by atoms with E-state index in [0.717, 1.165) is 12.2 Å². The highest BCUT2D eigenvalue weighted by molar-refractivity contribution is 5.85. The lowest BCUT2D eigenvalue weighted by Crippen LogP contribution is -2.08. The molecule has 0 spiro atoms. The smallest absolute Gasteiger partial charge is 0.139 e. The number of hydrogen-bond donors (Lipinski definition) is 0. The van der Waals surface area contributed by atoms with Crippen LogP contribution in [0.1, 0.15) is 24.3 Å². The second kappa shape index (κ2) is 5.91. The van der Waals surface area contributed by atoms with Gasteiger partial charge < -0.3 is 4.74 Å². The van der Waals surface area contributed by atoms with Gasteiger partial charge in [-0.2, -0.15) is 0 Å². The minimum Gasteiger partial charge on any atom is -0.493 e. The molecular formula is C18H18O2. The summed E-state index contributed by atoms with van der Waals surface area (Å²) >= 11 is 0. The van der Waals surface area contributed by atoms with Crippen LogP contribution < -0.4 is 4.74 Å². The van der Waals surface area contributed by atoms with Crippen LogP contribution >= 0.6 is 0 Å². The third-order valence-electron chi connectivity index (χ3n) is 3.79. The first kappa shape index (κ1) is 12.9. The van der Waals surface area contributed by atoms with Crippen LogP contribution in [0.15, 0.2) is 60.7 Å². The van der Waals surface area contributed by atoms with Crippen LogP contribution in [0, 0.1) is 5.92 Å². The summed E-state index contributed by atoms with van der Waals surface area (Å²) in [6, 6.07) is 19.9. The maximum Gasteiger partial charge on any atom is 0.139 e. The number of rotatable bonds is 6. The van der Waals surface area contributed by atoms with Crippen molar-refractivity contribution in [3.63, 3.8) is 0 Å². The normalized spacial score (nSPS) is 20.4. The molecule has 0 amide bonds. The third-order valence-corrected chi connectivity index (χ3v) is 3.79. The van der Waals surface area contributed by atoms with E-state index >= 15 is 0 Å². The number of benzene rings is 2. The van der Waals surface area contributed by atoms with Crippen molar-refractivity contribution < 1.29 is 9.53 Å². The largest absolute Gasteiger partial charge is 0.493 e. The van der Waals surface area contributed by atoms with Crippen molar-refractivity contribution in [2.45, 2.75) is 18.8 Å². The molecule has 2 aromatic rings. The Morgan fingerprint density at radius 3 is 2.35 bits per heavy atom. The average Bonchev–Trinajstić information content (AvgIpc) is 3.30. The molecule has 20 heavy (non-hydrogen) atoms. The van der Waals surface area contributed by atoms with Crippen LogP contribution in [-0.4, -0.2) is 12.4 Å². The molecule has 2 nitrogen and oxygen atoms in total. The fraction of sp³-hybridized carbons (Fsp3) is 0.278. The van der Waals surface area contributed by atoms with Gasteiger partial charge in [0.1, 0.15) is 11.5 Å². The minimum atomic E-state index is 0.205. The lowest BCUT2D eigenvalue weighted by atomic mass is 10.1. The molecule has 2 unspecified atom stereocenters. The Morgan fingerprint density at radius 2 is 1.65 bits per heavy atom. The highest BCUT2D eigenvalue weighted by atomic mass is 16.5. The molecule has 2 heteroatoms. The molecule has 0 heterocycles. The molecule has 102 valence electrons. The van der Waals surface area contributed by atoms with E-state index in [-0.39, 0.29) is 5.92 Å². The van der Waals surface area contributed by atoms with Crippen LogP contribution in [0.3, 0.4) is 0 Å². The van der Waals surface area contributed by atoms with E-state index < -0.39 is 0 Å². The predicted molar refractivity (Wildman–Crippen MR) is 78.9 cm³/mol. The first-order valence-corrected chi connectivity index (χ1v) is 7.10. The van der Waals surface area contributed by atoms with Gasteiger partial charge >= 0.3 is 0 Å². The van der Waals surface area contributed by atoms with Crippen LogP contribution in [0.5, 0.6) is 5.75 Å². The van der Waals surface area contributed by atoms with Gasteiger partial charge in [-0.3, -0.25) is 4.79 Å². The van der Waals surface area contributed by atoms with Crippen molar-refractivity contribution in [1.82, 2.24) is 0 Å². The Hall–Kier alpha value is -2.09. The number of ether oxygens (including phenoxy) is 1. The second-order valence-electron chi connectivity index (χ2n) is 5.24. The summed E-state index contributed by atoms with van der Waals surface area (Å²) in [5.41, 5.74) is 1.29. The standard InChI is InChI=1S/C18H18O2/c19-18(11-12-20-15-9-5-2-6-10-15)17-13-16(17)14-7-3-1-4-8-14/h1-10,16-17H,11-13H2. The summed E-state index contributed by atoms with van der Waals surface area (Å²) in [5, 5.41) is 0. The SMILES string of the molecule is O=C(CCOc1ccccc1)C1CC1c1ccccc1. The first-order valence-electron chi connectivity index (χ1n) is 7.10. The molecule has 1 aliphatic rings. The molecule has 2 aromatic carbocycles.